The van der Waals surface area contributed by atoms with Gasteiger partial charge < -0.3 is 15.0 Å². The van der Waals surface area contributed by atoms with Crippen LogP contribution in [0.4, 0.5) is 19.0 Å². The highest BCUT2D eigenvalue weighted by Gasteiger charge is 2.33. The minimum absolute atomic E-state index is 0.00613. The van der Waals surface area contributed by atoms with Crippen LogP contribution in [0.25, 0.3) is 0 Å². The fourth-order valence-electron chi connectivity index (χ4n) is 3.34. The van der Waals surface area contributed by atoms with E-state index in [-0.39, 0.29) is 23.0 Å². The number of rotatable bonds is 4. The number of ether oxygens (including phenoxy) is 1. The maximum Gasteiger partial charge on any atom is 0.417 e. The van der Waals surface area contributed by atoms with E-state index < -0.39 is 11.7 Å². The molecule has 3 heterocycles. The van der Waals surface area contributed by atoms with Crippen molar-refractivity contribution in [3.05, 3.63) is 22.8 Å². The number of nitrogens with one attached hydrogen (secondary N) is 1. The van der Waals surface area contributed by atoms with Gasteiger partial charge in [0.05, 0.1) is 16.7 Å². The van der Waals surface area contributed by atoms with E-state index >= 15 is 0 Å². The molecule has 5 nitrogen and oxygen atoms in total. The molecule has 2 aliphatic heterocycles. The van der Waals surface area contributed by atoms with E-state index in [1.165, 1.54) is 0 Å². The number of carbonyl (C=O) groups is 1. The van der Waals surface area contributed by atoms with Crippen molar-refractivity contribution in [1.29, 1.82) is 0 Å². The number of carbonyl (C=O) groups excluding carboxylic acids is 1. The first kappa shape index (κ1) is 19.2. The van der Waals surface area contributed by atoms with E-state index in [1.54, 1.807) is 0 Å². The maximum absolute atomic E-state index is 12.7. The molecule has 3 rings (SSSR count). The maximum atomic E-state index is 12.7. The van der Waals surface area contributed by atoms with Crippen LogP contribution in [-0.4, -0.2) is 43.2 Å². The third kappa shape index (κ3) is 4.59. The van der Waals surface area contributed by atoms with Gasteiger partial charge in [-0.3, -0.25) is 4.79 Å². The zero-order valence-corrected chi connectivity index (χ0v) is 14.9. The monoisotopic (exact) mass is 391 g/mol. The normalized spacial score (nSPS) is 21.8. The largest absolute Gasteiger partial charge is 0.417 e. The van der Waals surface area contributed by atoms with Crippen LogP contribution in [0.3, 0.4) is 0 Å². The predicted octanol–water partition coefficient (Wildman–Crippen LogP) is 3.27. The number of aromatic nitrogens is 1. The summed E-state index contributed by atoms with van der Waals surface area (Å²) in [4.78, 5) is 18.0. The number of hydrogen-bond donors (Lipinski definition) is 1. The number of halogens is 4. The summed E-state index contributed by atoms with van der Waals surface area (Å²) in [6.45, 7) is 2.33. The summed E-state index contributed by atoms with van der Waals surface area (Å²) in [6.07, 6.45) is -0.358. The number of nitrogens with zero attached hydrogens (tertiary/aromatic N) is 2. The first-order valence-electron chi connectivity index (χ1n) is 8.71. The molecule has 0 unspecified atom stereocenters. The van der Waals surface area contributed by atoms with Gasteiger partial charge in [0.1, 0.15) is 5.82 Å². The highest BCUT2D eigenvalue weighted by molar-refractivity contribution is 6.33. The Morgan fingerprint density at radius 3 is 2.65 bits per heavy atom. The minimum Gasteiger partial charge on any atom is -0.376 e. The lowest BCUT2D eigenvalue weighted by Crippen LogP contribution is -2.42. The topological polar surface area (TPSA) is 54.5 Å². The third-order valence-electron chi connectivity index (χ3n) is 4.84. The molecule has 26 heavy (non-hydrogen) atoms. The summed E-state index contributed by atoms with van der Waals surface area (Å²) < 4.78 is 43.6. The van der Waals surface area contributed by atoms with Gasteiger partial charge in [-0.15, -0.1) is 0 Å². The Balaban J connectivity index is 1.52. The molecule has 0 bridgehead atoms. The van der Waals surface area contributed by atoms with Gasteiger partial charge in [-0.25, -0.2) is 4.98 Å². The van der Waals surface area contributed by atoms with Crippen LogP contribution in [0.2, 0.25) is 5.02 Å². The van der Waals surface area contributed by atoms with Crippen molar-refractivity contribution in [2.24, 2.45) is 5.92 Å². The zero-order valence-electron chi connectivity index (χ0n) is 14.2. The van der Waals surface area contributed by atoms with E-state index in [4.69, 9.17) is 16.3 Å². The summed E-state index contributed by atoms with van der Waals surface area (Å²) in [7, 11) is 0. The third-order valence-corrected chi connectivity index (χ3v) is 5.12. The molecule has 0 radical (unpaired) electrons. The zero-order chi connectivity index (χ0) is 18.7. The Morgan fingerprint density at radius 1 is 1.35 bits per heavy atom. The fourth-order valence-corrected chi connectivity index (χ4v) is 3.62. The molecule has 0 saturated carbocycles. The van der Waals surface area contributed by atoms with Crippen LogP contribution in [0.15, 0.2) is 12.3 Å². The number of amides is 1. The summed E-state index contributed by atoms with van der Waals surface area (Å²) >= 11 is 5.99. The molecule has 1 atom stereocenters. The molecule has 2 saturated heterocycles. The summed E-state index contributed by atoms with van der Waals surface area (Å²) in [6, 6.07) is 0.893. The number of pyridine rings is 1. The van der Waals surface area contributed by atoms with Gasteiger partial charge in [0.15, 0.2) is 0 Å². The molecule has 1 aromatic heterocycles. The predicted molar refractivity (Wildman–Crippen MR) is 91.2 cm³/mol. The average molecular weight is 392 g/mol. The van der Waals surface area contributed by atoms with Crippen molar-refractivity contribution in [3.63, 3.8) is 0 Å². The minimum atomic E-state index is -4.47. The Labute approximate surface area is 154 Å². The Hall–Kier alpha value is -1.54. The number of hydrogen-bond acceptors (Lipinski definition) is 4. The van der Waals surface area contributed by atoms with Gasteiger partial charge in [-0.1, -0.05) is 11.6 Å². The van der Waals surface area contributed by atoms with Crippen molar-refractivity contribution < 1.29 is 22.7 Å². The van der Waals surface area contributed by atoms with Gasteiger partial charge in [0.2, 0.25) is 5.91 Å². The first-order chi connectivity index (χ1) is 12.3. The average Bonchev–Trinajstić information content (AvgIpc) is 3.12. The Bertz CT molecular complexity index is 643. The highest BCUT2D eigenvalue weighted by atomic mass is 35.5. The van der Waals surface area contributed by atoms with Gasteiger partial charge >= 0.3 is 6.18 Å². The highest BCUT2D eigenvalue weighted by Crippen LogP contribution is 2.34. The Morgan fingerprint density at radius 2 is 2.08 bits per heavy atom. The lowest BCUT2D eigenvalue weighted by atomic mass is 9.95. The van der Waals surface area contributed by atoms with E-state index in [0.29, 0.717) is 38.3 Å². The smallest absolute Gasteiger partial charge is 0.376 e. The van der Waals surface area contributed by atoms with Gasteiger partial charge in [-0.2, -0.15) is 13.2 Å². The molecular formula is C17H21ClF3N3O2. The molecule has 1 N–H and O–H groups in total. The lowest BCUT2D eigenvalue weighted by Gasteiger charge is -2.32. The lowest BCUT2D eigenvalue weighted by molar-refractivity contribution is -0.137. The van der Waals surface area contributed by atoms with E-state index in [0.717, 1.165) is 31.7 Å². The summed E-state index contributed by atoms with van der Waals surface area (Å²) in [5.41, 5.74) is -0.866. The van der Waals surface area contributed by atoms with Crippen LogP contribution >= 0.6 is 11.6 Å². The summed E-state index contributed by atoms with van der Waals surface area (Å²) in [5.74, 6) is 0.227. The van der Waals surface area contributed by atoms with Crippen LogP contribution in [0.1, 0.15) is 31.2 Å². The van der Waals surface area contributed by atoms with Crippen molar-refractivity contribution in [2.45, 2.75) is 38.0 Å². The molecular weight excluding hydrogens is 371 g/mol. The molecule has 2 fully saturated rings. The molecule has 2 aliphatic rings. The van der Waals surface area contributed by atoms with Crippen LogP contribution in [0.5, 0.6) is 0 Å². The number of alkyl halides is 3. The van der Waals surface area contributed by atoms with Crippen molar-refractivity contribution in [1.82, 2.24) is 10.3 Å². The molecule has 0 aliphatic carbocycles. The summed E-state index contributed by atoms with van der Waals surface area (Å²) in [5, 5.41) is 2.91. The molecule has 144 valence electrons. The Kier molecular flexibility index (Phi) is 5.92. The second-order valence-electron chi connectivity index (χ2n) is 6.67. The van der Waals surface area contributed by atoms with Crippen molar-refractivity contribution >= 4 is 23.3 Å². The molecule has 0 spiro atoms. The van der Waals surface area contributed by atoms with Crippen LogP contribution in [0, 0.1) is 5.92 Å². The SMILES string of the molecule is O=C(NC[C@@H]1CCCO1)C1CCN(c2ncc(C(F)(F)F)cc2Cl)CC1. The first-order valence-corrected chi connectivity index (χ1v) is 9.09. The van der Waals surface area contributed by atoms with E-state index in [2.05, 4.69) is 10.3 Å². The molecule has 1 aromatic rings. The van der Waals surface area contributed by atoms with Crippen molar-refractivity contribution in [3.8, 4) is 0 Å². The molecule has 9 heteroatoms. The van der Waals surface area contributed by atoms with Crippen LogP contribution < -0.4 is 10.2 Å². The van der Waals surface area contributed by atoms with Gasteiger partial charge in [0.25, 0.3) is 0 Å². The van der Waals surface area contributed by atoms with Gasteiger partial charge in [0, 0.05) is 38.4 Å². The fraction of sp³-hybridized carbons (Fsp3) is 0.647. The van der Waals surface area contributed by atoms with E-state index in [9.17, 15) is 18.0 Å². The quantitative estimate of drug-likeness (QED) is 0.856. The van der Waals surface area contributed by atoms with Gasteiger partial charge in [-0.05, 0) is 31.7 Å². The number of anilines is 1. The van der Waals surface area contributed by atoms with E-state index in [1.807, 2.05) is 4.90 Å². The molecule has 1 amide bonds. The number of piperidine rings is 1. The van der Waals surface area contributed by atoms with Crippen LogP contribution in [-0.2, 0) is 15.7 Å². The second-order valence-corrected chi connectivity index (χ2v) is 7.08. The second kappa shape index (κ2) is 8.00. The standard InChI is InChI=1S/C17H21ClF3N3O2/c18-14-8-12(17(19,20)21)9-22-15(14)24-5-3-11(4-6-24)16(25)23-10-13-2-1-7-26-13/h8-9,11,13H,1-7,10H2,(H,23,25)/t13-/m0/s1. The van der Waals surface area contributed by atoms with Crippen molar-refractivity contribution in [2.75, 3.05) is 31.1 Å². The molecule has 0 aromatic carbocycles.